The van der Waals surface area contributed by atoms with Crippen molar-refractivity contribution in [3.05, 3.63) is 52.7 Å². The Bertz CT molecular complexity index is 1490. The van der Waals surface area contributed by atoms with E-state index < -0.39 is 17.8 Å². The molecule has 1 saturated carbocycles. The average Bonchev–Trinajstić information content (AvgIpc) is 3.49. The second-order valence-electron chi connectivity index (χ2n) is 10.4. The van der Waals surface area contributed by atoms with Crippen molar-refractivity contribution in [2.45, 2.75) is 38.9 Å². The summed E-state index contributed by atoms with van der Waals surface area (Å²) in [5.74, 6) is -0.802. The van der Waals surface area contributed by atoms with Crippen LogP contribution in [-0.4, -0.2) is 73.0 Å². The van der Waals surface area contributed by atoms with Crippen molar-refractivity contribution in [3.63, 3.8) is 0 Å². The Kier molecular flexibility index (Phi) is 7.82. The molecule has 5 rings (SSSR count). The fourth-order valence-electron chi connectivity index (χ4n) is 5.07. The summed E-state index contributed by atoms with van der Waals surface area (Å²) in [7, 11) is 1.46. The Balaban J connectivity index is 1.30. The number of hydrogen-bond donors (Lipinski definition) is 1. The number of benzene rings is 1. The van der Waals surface area contributed by atoms with Gasteiger partial charge in [0.15, 0.2) is 11.5 Å². The number of anilines is 1. The highest BCUT2D eigenvalue weighted by molar-refractivity contribution is 6.34. The van der Waals surface area contributed by atoms with Gasteiger partial charge >= 0.3 is 6.18 Å². The predicted molar refractivity (Wildman–Crippen MR) is 144 cm³/mol. The molecular formula is C27H29ClF3N7O3. The molecule has 1 aliphatic heterocycles. The molecule has 10 nitrogen and oxygen atoms in total. The largest absolute Gasteiger partial charge is 0.435 e. The minimum Gasteiger partial charge on any atom is -0.339 e. The van der Waals surface area contributed by atoms with Gasteiger partial charge in [-0.05, 0) is 37.0 Å². The number of carbonyl (C=O) groups is 3. The van der Waals surface area contributed by atoms with E-state index in [4.69, 9.17) is 11.6 Å². The Labute approximate surface area is 239 Å². The summed E-state index contributed by atoms with van der Waals surface area (Å²) in [6, 6.07) is 4.43. The molecule has 1 aromatic carbocycles. The smallest absolute Gasteiger partial charge is 0.339 e. The average molecular weight is 592 g/mol. The van der Waals surface area contributed by atoms with Crippen LogP contribution in [0.1, 0.15) is 52.9 Å². The first-order valence-corrected chi connectivity index (χ1v) is 13.6. The molecule has 3 amide bonds. The third-order valence-electron chi connectivity index (χ3n) is 7.64. The molecule has 1 saturated heterocycles. The Morgan fingerprint density at radius 2 is 1.78 bits per heavy atom. The quantitative estimate of drug-likeness (QED) is 0.460. The monoisotopic (exact) mass is 591 g/mol. The fraction of sp³-hybridized carbons (Fsp3) is 0.444. The Hall–Kier alpha value is -3.87. The number of alkyl halides is 3. The van der Waals surface area contributed by atoms with Gasteiger partial charge in [-0.15, -0.1) is 0 Å². The minimum absolute atomic E-state index is 0.0464. The van der Waals surface area contributed by atoms with Crippen molar-refractivity contribution in [3.8, 4) is 11.3 Å². The van der Waals surface area contributed by atoms with Crippen molar-refractivity contribution in [2.75, 3.05) is 31.5 Å². The van der Waals surface area contributed by atoms with Gasteiger partial charge in [-0.25, -0.2) is 4.98 Å². The number of halogens is 4. The van der Waals surface area contributed by atoms with Crippen LogP contribution in [0.4, 0.5) is 18.9 Å². The van der Waals surface area contributed by atoms with E-state index in [0.717, 1.165) is 19.3 Å². The topological polar surface area (TPSA) is 105 Å². The van der Waals surface area contributed by atoms with Gasteiger partial charge in [-0.1, -0.05) is 18.0 Å². The molecule has 0 bridgehead atoms. The highest BCUT2D eigenvalue weighted by Gasteiger charge is 2.39. The van der Waals surface area contributed by atoms with Crippen molar-refractivity contribution < 1.29 is 27.6 Å². The highest BCUT2D eigenvalue weighted by Crippen LogP contribution is 2.37. The van der Waals surface area contributed by atoms with Gasteiger partial charge in [0, 0.05) is 58.6 Å². The lowest BCUT2D eigenvalue weighted by molar-refractivity contribution is -0.141. The fourth-order valence-corrected chi connectivity index (χ4v) is 5.33. The summed E-state index contributed by atoms with van der Waals surface area (Å²) in [4.78, 5) is 44.9. The number of rotatable bonds is 6. The number of nitrogens with zero attached hydrogens (tertiary/aromatic N) is 6. The lowest BCUT2D eigenvalue weighted by Crippen LogP contribution is -2.50. The van der Waals surface area contributed by atoms with E-state index in [1.54, 1.807) is 9.80 Å². The van der Waals surface area contributed by atoms with Crippen LogP contribution in [0.3, 0.4) is 0 Å². The second kappa shape index (κ2) is 11.2. The van der Waals surface area contributed by atoms with Gasteiger partial charge < -0.3 is 19.7 Å². The van der Waals surface area contributed by atoms with Crippen LogP contribution < -0.4 is 5.32 Å². The zero-order valence-corrected chi connectivity index (χ0v) is 23.3. The van der Waals surface area contributed by atoms with Crippen LogP contribution in [0.5, 0.6) is 0 Å². The molecule has 0 unspecified atom stereocenters. The van der Waals surface area contributed by atoms with Crippen LogP contribution >= 0.6 is 11.6 Å². The summed E-state index contributed by atoms with van der Waals surface area (Å²) in [5, 5.41) is 6.57. The molecule has 0 atom stereocenters. The van der Waals surface area contributed by atoms with Crippen LogP contribution in [-0.2, 0) is 24.6 Å². The highest BCUT2D eigenvalue weighted by atomic mass is 35.5. The summed E-state index contributed by atoms with van der Waals surface area (Å²) in [6.07, 6.45) is 0.886. The van der Waals surface area contributed by atoms with E-state index in [1.807, 2.05) is 0 Å². The summed E-state index contributed by atoms with van der Waals surface area (Å²) in [5.41, 5.74) is -0.542. The van der Waals surface area contributed by atoms with Gasteiger partial charge in [0.05, 0.1) is 28.0 Å². The predicted octanol–water partition coefficient (Wildman–Crippen LogP) is 4.31. The first-order chi connectivity index (χ1) is 19.4. The lowest BCUT2D eigenvalue weighted by atomic mass is 9.85. The van der Waals surface area contributed by atoms with E-state index in [1.165, 1.54) is 53.8 Å². The van der Waals surface area contributed by atoms with Crippen molar-refractivity contribution >= 4 is 35.0 Å². The van der Waals surface area contributed by atoms with Crippen LogP contribution in [0.2, 0.25) is 5.02 Å². The van der Waals surface area contributed by atoms with Crippen LogP contribution in [0.25, 0.3) is 11.3 Å². The van der Waals surface area contributed by atoms with Crippen LogP contribution in [0.15, 0.2) is 30.6 Å². The molecule has 0 radical (unpaired) electrons. The van der Waals surface area contributed by atoms with Gasteiger partial charge in [0.25, 0.3) is 11.8 Å². The molecule has 2 aromatic heterocycles. The number of imidazole rings is 1. The SMILES string of the molecule is CC(=O)N1CCN(C(=O)c2ccc(NC(=O)c3ncc(-c4cn(CC5CCC5)nc4C(F)(F)F)n3C)cc2Cl)CC1. The minimum atomic E-state index is -4.68. The van der Waals surface area contributed by atoms with E-state index in [2.05, 4.69) is 15.4 Å². The van der Waals surface area contributed by atoms with Crippen molar-refractivity contribution in [1.82, 2.24) is 29.1 Å². The summed E-state index contributed by atoms with van der Waals surface area (Å²) >= 11 is 6.38. The maximum Gasteiger partial charge on any atom is 0.435 e. The number of amides is 3. The normalized spacial score (nSPS) is 16.0. The standard InChI is InChI=1S/C27H29ClF3N7O3/c1-16(39)36-8-10-37(11-9-36)26(41)19-7-6-18(12-21(19)28)33-25(40)24-32-13-22(35(24)2)20-15-38(14-17-4-3-5-17)34-23(20)27(29,30)31/h6-7,12-13,15,17H,3-5,8-11,14H2,1-2H3,(H,33,40). The maximum atomic E-state index is 13.8. The number of carbonyl (C=O) groups excluding carboxylic acids is 3. The van der Waals surface area contributed by atoms with Gasteiger partial charge in [-0.3, -0.25) is 19.1 Å². The molecule has 41 heavy (non-hydrogen) atoms. The van der Waals surface area contributed by atoms with Crippen molar-refractivity contribution in [2.24, 2.45) is 13.0 Å². The van der Waals surface area contributed by atoms with E-state index in [0.29, 0.717) is 38.6 Å². The van der Waals surface area contributed by atoms with Gasteiger partial charge in [0.2, 0.25) is 5.91 Å². The lowest BCUT2D eigenvalue weighted by Gasteiger charge is -2.34. The number of aromatic nitrogens is 4. The van der Waals surface area contributed by atoms with Crippen molar-refractivity contribution in [1.29, 1.82) is 0 Å². The number of hydrogen-bond acceptors (Lipinski definition) is 5. The molecule has 2 fully saturated rings. The van der Waals surface area contributed by atoms with E-state index in [-0.39, 0.29) is 45.2 Å². The summed E-state index contributed by atoms with van der Waals surface area (Å²) < 4.78 is 44.1. The second-order valence-corrected chi connectivity index (χ2v) is 10.8. The molecule has 1 N–H and O–H groups in total. The molecule has 3 heterocycles. The van der Waals surface area contributed by atoms with E-state index in [9.17, 15) is 27.6 Å². The van der Waals surface area contributed by atoms with Gasteiger partial charge in [-0.2, -0.15) is 18.3 Å². The molecule has 218 valence electrons. The van der Waals surface area contributed by atoms with Gasteiger partial charge in [0.1, 0.15) is 0 Å². The molecule has 0 spiro atoms. The van der Waals surface area contributed by atoms with Crippen LogP contribution in [0, 0.1) is 5.92 Å². The first-order valence-electron chi connectivity index (χ1n) is 13.2. The molecule has 2 aliphatic rings. The Morgan fingerprint density at radius 1 is 1.10 bits per heavy atom. The zero-order valence-electron chi connectivity index (χ0n) is 22.5. The first kappa shape index (κ1) is 28.7. The third-order valence-corrected chi connectivity index (χ3v) is 7.95. The number of piperazine rings is 1. The molecular weight excluding hydrogens is 563 g/mol. The summed E-state index contributed by atoms with van der Waals surface area (Å²) in [6.45, 7) is 3.52. The maximum absolute atomic E-state index is 13.8. The molecule has 14 heteroatoms. The zero-order chi connectivity index (χ0) is 29.5. The third kappa shape index (κ3) is 5.95. The van der Waals surface area contributed by atoms with E-state index >= 15 is 0 Å². The Morgan fingerprint density at radius 3 is 2.37 bits per heavy atom. The molecule has 1 aliphatic carbocycles. The number of nitrogens with one attached hydrogen (secondary N) is 1. The molecule has 3 aromatic rings.